The molecule has 0 spiro atoms. The minimum atomic E-state index is -0.412. The second-order valence-electron chi connectivity index (χ2n) is 5.57. The number of nitrogens with zero attached hydrogens (tertiary/aromatic N) is 3. The summed E-state index contributed by atoms with van der Waals surface area (Å²) in [6, 6.07) is 7.65. The second-order valence-corrected chi connectivity index (χ2v) is 5.57. The number of pyridine rings is 1. The van der Waals surface area contributed by atoms with Crippen molar-refractivity contribution < 1.29 is 4.39 Å². The summed E-state index contributed by atoms with van der Waals surface area (Å²) in [7, 11) is 1.96. The molecule has 2 heterocycles. The highest BCUT2D eigenvalue weighted by atomic mass is 19.1. The van der Waals surface area contributed by atoms with Crippen LogP contribution >= 0.6 is 0 Å². The smallest absolute Gasteiger partial charge is 0.189 e. The van der Waals surface area contributed by atoms with E-state index in [1.54, 1.807) is 12.3 Å². The van der Waals surface area contributed by atoms with Crippen LogP contribution in [0.1, 0.15) is 24.4 Å². The maximum absolute atomic E-state index is 13.2. The first kappa shape index (κ1) is 15.3. The number of H-pyrrole nitrogens is 1. The lowest BCUT2D eigenvalue weighted by Gasteiger charge is -2.24. The van der Waals surface area contributed by atoms with Crippen LogP contribution in [0, 0.1) is 5.82 Å². The molecule has 0 aliphatic carbocycles. The lowest BCUT2D eigenvalue weighted by Crippen LogP contribution is -2.24. The molecule has 5 nitrogen and oxygen atoms in total. The summed E-state index contributed by atoms with van der Waals surface area (Å²) in [4.78, 5) is 25.6. The number of fused-ring (bicyclic) bond motifs is 1. The molecule has 3 rings (SSSR count). The zero-order valence-electron chi connectivity index (χ0n) is 13.0. The lowest BCUT2D eigenvalue weighted by atomic mass is 10.1. The van der Waals surface area contributed by atoms with Crippen molar-refractivity contribution in [3.63, 3.8) is 0 Å². The molecule has 118 valence electrons. The average Bonchev–Trinajstić information content (AvgIpc) is 2.55. The van der Waals surface area contributed by atoms with Crippen LogP contribution in [0.3, 0.4) is 0 Å². The van der Waals surface area contributed by atoms with Gasteiger partial charge in [0.15, 0.2) is 5.43 Å². The van der Waals surface area contributed by atoms with Gasteiger partial charge < -0.3 is 4.98 Å². The van der Waals surface area contributed by atoms with E-state index in [1.807, 2.05) is 20.0 Å². The number of hydrogen-bond acceptors (Lipinski definition) is 4. The van der Waals surface area contributed by atoms with Gasteiger partial charge in [0, 0.05) is 41.4 Å². The topological polar surface area (TPSA) is 61.9 Å². The van der Waals surface area contributed by atoms with Crippen LogP contribution in [0.15, 0.2) is 47.7 Å². The van der Waals surface area contributed by atoms with Crippen LogP contribution in [0.2, 0.25) is 0 Å². The summed E-state index contributed by atoms with van der Waals surface area (Å²) in [6.45, 7) is 2.59. The Balaban J connectivity index is 1.86. The number of nitrogens with one attached hydrogen (secondary N) is 1. The molecule has 6 heteroatoms. The first-order valence-corrected chi connectivity index (χ1v) is 7.32. The van der Waals surface area contributed by atoms with Gasteiger partial charge >= 0.3 is 0 Å². The Morgan fingerprint density at radius 3 is 2.87 bits per heavy atom. The molecule has 0 aliphatic heterocycles. The normalized spacial score (nSPS) is 12.7. The molecule has 0 amide bonds. The van der Waals surface area contributed by atoms with Crippen molar-refractivity contribution in [2.75, 3.05) is 7.05 Å². The summed E-state index contributed by atoms with van der Waals surface area (Å²) in [5.74, 6) is -0.412. The Morgan fingerprint density at radius 1 is 1.30 bits per heavy atom. The first-order valence-electron chi connectivity index (χ1n) is 7.32. The molecular weight excluding hydrogens is 295 g/mol. The van der Waals surface area contributed by atoms with Crippen molar-refractivity contribution in [1.82, 2.24) is 19.9 Å². The summed E-state index contributed by atoms with van der Waals surface area (Å²) in [6.07, 6.45) is 3.23. The second kappa shape index (κ2) is 6.26. The van der Waals surface area contributed by atoms with Crippen LogP contribution in [-0.2, 0) is 6.54 Å². The van der Waals surface area contributed by atoms with E-state index in [-0.39, 0.29) is 11.5 Å². The molecule has 0 radical (unpaired) electrons. The van der Waals surface area contributed by atoms with Gasteiger partial charge in [-0.25, -0.2) is 14.4 Å². The predicted molar refractivity (Wildman–Crippen MR) is 86.4 cm³/mol. The van der Waals surface area contributed by atoms with E-state index >= 15 is 0 Å². The zero-order chi connectivity index (χ0) is 16.4. The predicted octanol–water partition coefficient (Wildman–Crippen LogP) is 2.65. The number of benzene rings is 1. The van der Waals surface area contributed by atoms with Crippen molar-refractivity contribution in [2.24, 2.45) is 0 Å². The molecule has 1 atom stereocenters. The summed E-state index contributed by atoms with van der Waals surface area (Å²) >= 11 is 0. The molecule has 0 aliphatic rings. The van der Waals surface area contributed by atoms with E-state index in [4.69, 9.17) is 0 Å². The van der Waals surface area contributed by atoms with E-state index in [9.17, 15) is 9.18 Å². The van der Waals surface area contributed by atoms with Gasteiger partial charge in [-0.05, 0) is 38.2 Å². The van der Waals surface area contributed by atoms with E-state index in [2.05, 4.69) is 19.9 Å². The summed E-state index contributed by atoms with van der Waals surface area (Å²) in [5.41, 5.74) is 2.14. The van der Waals surface area contributed by atoms with Gasteiger partial charge in [0.1, 0.15) is 12.1 Å². The Morgan fingerprint density at radius 2 is 2.13 bits per heavy atom. The Labute approximate surface area is 132 Å². The Bertz CT molecular complexity index is 879. The highest BCUT2D eigenvalue weighted by Gasteiger charge is 2.14. The molecule has 2 aromatic heterocycles. The SMILES string of the molecule is CC(c1ccncn1)N(C)Cc1cc(=O)c2cc(F)ccc2[nH]1. The van der Waals surface area contributed by atoms with E-state index in [0.717, 1.165) is 11.4 Å². The summed E-state index contributed by atoms with van der Waals surface area (Å²) < 4.78 is 13.2. The third kappa shape index (κ3) is 3.27. The van der Waals surface area contributed by atoms with Crippen molar-refractivity contribution in [3.05, 3.63) is 70.3 Å². The van der Waals surface area contributed by atoms with Crippen LogP contribution < -0.4 is 5.43 Å². The number of aromatic amines is 1. The lowest BCUT2D eigenvalue weighted by molar-refractivity contribution is 0.246. The fraction of sp³-hybridized carbons (Fsp3) is 0.235. The van der Waals surface area contributed by atoms with Crippen molar-refractivity contribution in [3.8, 4) is 0 Å². The molecule has 3 aromatic rings. The monoisotopic (exact) mass is 312 g/mol. The first-order chi connectivity index (χ1) is 11.0. The molecule has 0 bridgehead atoms. The quantitative estimate of drug-likeness (QED) is 0.804. The third-order valence-corrected chi connectivity index (χ3v) is 3.96. The molecule has 0 saturated heterocycles. The van der Waals surface area contributed by atoms with Gasteiger partial charge in [0.25, 0.3) is 0 Å². The average molecular weight is 312 g/mol. The maximum atomic E-state index is 13.2. The largest absolute Gasteiger partial charge is 0.357 e. The minimum Gasteiger partial charge on any atom is -0.357 e. The fourth-order valence-electron chi connectivity index (χ4n) is 2.54. The molecule has 1 aromatic carbocycles. The fourth-order valence-corrected chi connectivity index (χ4v) is 2.54. The van der Waals surface area contributed by atoms with Crippen molar-refractivity contribution in [1.29, 1.82) is 0 Å². The van der Waals surface area contributed by atoms with Gasteiger partial charge in [-0.1, -0.05) is 0 Å². The molecule has 1 N–H and O–H groups in total. The van der Waals surface area contributed by atoms with Gasteiger partial charge in [0.2, 0.25) is 0 Å². The third-order valence-electron chi connectivity index (χ3n) is 3.96. The molecule has 0 saturated carbocycles. The molecule has 1 unspecified atom stereocenters. The highest BCUT2D eigenvalue weighted by molar-refractivity contribution is 5.78. The molecule has 0 fully saturated rings. The number of aromatic nitrogens is 3. The Kier molecular flexibility index (Phi) is 4.16. The van der Waals surface area contributed by atoms with Gasteiger partial charge in [-0.2, -0.15) is 0 Å². The van der Waals surface area contributed by atoms with Gasteiger partial charge in [-0.3, -0.25) is 9.69 Å². The van der Waals surface area contributed by atoms with Crippen LogP contribution in [0.5, 0.6) is 0 Å². The molecular formula is C17H17FN4O. The standard InChI is InChI=1S/C17H17FN4O/c1-11(15-5-6-19-10-20-15)22(2)9-13-8-17(23)14-7-12(18)3-4-16(14)21-13/h3-8,10-11H,9H2,1-2H3,(H,21,23). The van der Waals surface area contributed by atoms with Crippen molar-refractivity contribution in [2.45, 2.75) is 19.5 Å². The van der Waals surface area contributed by atoms with Crippen LogP contribution in [0.4, 0.5) is 4.39 Å². The highest BCUT2D eigenvalue weighted by Crippen LogP contribution is 2.18. The molecule has 23 heavy (non-hydrogen) atoms. The number of hydrogen-bond donors (Lipinski definition) is 1. The maximum Gasteiger partial charge on any atom is 0.189 e. The number of rotatable bonds is 4. The van der Waals surface area contributed by atoms with Crippen LogP contribution in [0.25, 0.3) is 10.9 Å². The number of halogens is 1. The zero-order valence-corrected chi connectivity index (χ0v) is 13.0. The van der Waals surface area contributed by atoms with E-state index in [1.165, 1.54) is 24.5 Å². The van der Waals surface area contributed by atoms with Crippen LogP contribution in [-0.4, -0.2) is 26.9 Å². The van der Waals surface area contributed by atoms with E-state index in [0.29, 0.717) is 17.4 Å². The minimum absolute atomic E-state index is 0.0745. The Hall–Kier alpha value is -2.60. The van der Waals surface area contributed by atoms with Crippen molar-refractivity contribution >= 4 is 10.9 Å². The van der Waals surface area contributed by atoms with Gasteiger partial charge in [-0.15, -0.1) is 0 Å². The summed E-state index contributed by atoms with van der Waals surface area (Å²) in [5, 5.41) is 0.361. The van der Waals surface area contributed by atoms with Gasteiger partial charge in [0.05, 0.1) is 5.69 Å². The van der Waals surface area contributed by atoms with E-state index < -0.39 is 5.82 Å².